The zero-order chi connectivity index (χ0) is 32.4. The molecule has 0 bridgehead atoms. The van der Waals surface area contributed by atoms with E-state index in [0.717, 1.165) is 63.4 Å². The van der Waals surface area contributed by atoms with Crippen molar-refractivity contribution in [3.63, 3.8) is 0 Å². The van der Waals surface area contributed by atoms with Gasteiger partial charge in [0.25, 0.3) is 5.91 Å². The van der Waals surface area contributed by atoms with Crippen molar-refractivity contribution >= 4 is 50.7 Å². The van der Waals surface area contributed by atoms with E-state index in [9.17, 15) is 22.8 Å². The SMILES string of the molecule is COC(=O)C=Cc1ccc(CN(C)S(=O)(=O)NC(=O)c2ccc3c(C4CCCCC4)c4n(c3c2)CC(=O)Nc2ccccc2-4)cc1. The summed E-state index contributed by atoms with van der Waals surface area (Å²) in [6.07, 6.45) is 8.48. The summed E-state index contributed by atoms with van der Waals surface area (Å²) in [5.41, 5.74) is 6.21. The number of aromatic nitrogens is 1. The van der Waals surface area contributed by atoms with Crippen LogP contribution in [0.4, 0.5) is 5.69 Å². The van der Waals surface area contributed by atoms with Gasteiger partial charge in [0.15, 0.2) is 0 Å². The molecule has 1 saturated carbocycles. The number of esters is 1. The summed E-state index contributed by atoms with van der Waals surface area (Å²) in [5, 5.41) is 4.00. The first kappa shape index (κ1) is 31.3. The average Bonchev–Trinajstić information content (AvgIpc) is 3.28. The number of carbonyl (C=O) groups is 3. The summed E-state index contributed by atoms with van der Waals surface area (Å²) in [5.74, 6) is -1.08. The molecule has 0 unspecified atom stereocenters. The highest BCUT2D eigenvalue weighted by Crippen LogP contribution is 2.46. The number of amides is 2. The molecule has 0 atom stereocenters. The summed E-state index contributed by atoms with van der Waals surface area (Å²) in [6.45, 7) is 0.102. The number of ether oxygens (including phenoxy) is 1. The minimum absolute atomic E-state index is 0.0219. The minimum Gasteiger partial charge on any atom is -0.466 e. The number of hydrogen-bond acceptors (Lipinski definition) is 6. The number of nitrogens with one attached hydrogen (secondary N) is 2. The molecule has 10 nitrogen and oxygen atoms in total. The standard InChI is InChI=1S/C35H36N4O6S/c1-38(21-24-14-12-23(13-15-24)16-19-32(41)45-2)46(43,44)37-35(42)26-17-18-28-30(20-26)39-22-31(40)36-29-11-7-6-10-27(29)34(39)33(28)25-8-4-3-5-9-25/h6-7,10-20,25H,3-5,8-9,21-22H2,1-2H3,(H,36,40)(H,37,42). The third kappa shape index (κ3) is 6.33. The fourth-order valence-electron chi connectivity index (χ4n) is 6.47. The van der Waals surface area contributed by atoms with Crippen LogP contribution >= 0.6 is 0 Å². The van der Waals surface area contributed by atoms with Crippen LogP contribution in [0.25, 0.3) is 28.2 Å². The third-order valence-corrected chi connectivity index (χ3v) is 10.2. The number of nitrogens with zero attached hydrogens (tertiary/aromatic N) is 2. The summed E-state index contributed by atoms with van der Waals surface area (Å²) in [7, 11) is -1.50. The lowest BCUT2D eigenvalue weighted by atomic mass is 9.81. The second kappa shape index (κ2) is 12.9. The predicted octanol–water partition coefficient (Wildman–Crippen LogP) is 5.60. The van der Waals surface area contributed by atoms with Crippen molar-refractivity contribution in [1.82, 2.24) is 13.6 Å². The molecule has 2 N–H and O–H groups in total. The van der Waals surface area contributed by atoms with E-state index in [1.807, 2.05) is 34.9 Å². The van der Waals surface area contributed by atoms with Crippen LogP contribution in [-0.2, 0) is 37.6 Å². The molecule has 0 spiro atoms. The second-order valence-corrected chi connectivity index (χ2v) is 13.6. The molecule has 2 aliphatic rings. The summed E-state index contributed by atoms with van der Waals surface area (Å²) < 4.78 is 36.2. The minimum atomic E-state index is -4.19. The molecule has 2 amide bonds. The highest BCUT2D eigenvalue weighted by atomic mass is 32.2. The van der Waals surface area contributed by atoms with E-state index in [4.69, 9.17) is 0 Å². The fraction of sp³-hybridized carbons (Fsp3) is 0.286. The lowest BCUT2D eigenvalue weighted by molar-refractivity contribution is -0.134. The molecule has 2 heterocycles. The lowest BCUT2D eigenvalue weighted by Gasteiger charge is -2.23. The van der Waals surface area contributed by atoms with Crippen LogP contribution in [0.3, 0.4) is 0 Å². The number of anilines is 1. The van der Waals surface area contributed by atoms with E-state index >= 15 is 0 Å². The van der Waals surface area contributed by atoms with Gasteiger partial charge in [0.05, 0.1) is 24.0 Å². The molecule has 1 aromatic heterocycles. The summed E-state index contributed by atoms with van der Waals surface area (Å²) >= 11 is 0. The second-order valence-electron chi connectivity index (χ2n) is 11.8. The van der Waals surface area contributed by atoms with Crippen LogP contribution < -0.4 is 10.0 Å². The van der Waals surface area contributed by atoms with Gasteiger partial charge in [-0.3, -0.25) is 9.59 Å². The van der Waals surface area contributed by atoms with Gasteiger partial charge in [0.1, 0.15) is 6.54 Å². The molecular formula is C35H36N4O6S. The first-order chi connectivity index (χ1) is 22.1. The van der Waals surface area contributed by atoms with Gasteiger partial charge >= 0.3 is 16.2 Å². The van der Waals surface area contributed by atoms with E-state index in [1.165, 1.54) is 32.2 Å². The smallest absolute Gasteiger partial charge is 0.330 e. The molecule has 1 aliphatic heterocycles. The molecule has 3 aromatic carbocycles. The number of benzene rings is 3. The summed E-state index contributed by atoms with van der Waals surface area (Å²) in [4.78, 5) is 37.8. The molecule has 1 fully saturated rings. The van der Waals surface area contributed by atoms with Crippen molar-refractivity contribution in [2.45, 2.75) is 51.1 Å². The van der Waals surface area contributed by atoms with Crippen LogP contribution in [0.15, 0.2) is 72.8 Å². The Kier molecular flexibility index (Phi) is 8.79. The number of rotatable bonds is 8. The van der Waals surface area contributed by atoms with E-state index in [2.05, 4.69) is 14.8 Å². The highest BCUT2D eigenvalue weighted by Gasteiger charge is 2.31. The fourth-order valence-corrected chi connectivity index (χ4v) is 7.30. The largest absolute Gasteiger partial charge is 0.466 e. The number of methoxy groups -OCH3 is 1. The van der Waals surface area contributed by atoms with Gasteiger partial charge in [-0.05, 0) is 59.7 Å². The Morgan fingerprint density at radius 3 is 2.52 bits per heavy atom. The normalized spacial score (nSPS) is 15.3. The Balaban J connectivity index is 1.28. The zero-order valence-corrected chi connectivity index (χ0v) is 26.6. The van der Waals surface area contributed by atoms with E-state index in [0.29, 0.717) is 11.5 Å². The molecule has 0 radical (unpaired) electrons. The van der Waals surface area contributed by atoms with Gasteiger partial charge in [0.2, 0.25) is 5.91 Å². The maximum atomic E-state index is 13.4. The zero-order valence-electron chi connectivity index (χ0n) is 25.8. The van der Waals surface area contributed by atoms with Crippen molar-refractivity contribution in [2.75, 3.05) is 19.5 Å². The first-order valence-corrected chi connectivity index (χ1v) is 16.8. The number of hydrogen-bond donors (Lipinski definition) is 2. The first-order valence-electron chi connectivity index (χ1n) is 15.3. The van der Waals surface area contributed by atoms with Gasteiger partial charge in [-0.25, -0.2) is 9.52 Å². The number of carbonyl (C=O) groups excluding carboxylic acids is 3. The van der Waals surface area contributed by atoms with Gasteiger partial charge in [-0.15, -0.1) is 0 Å². The van der Waals surface area contributed by atoms with Gasteiger partial charge in [-0.1, -0.05) is 67.8 Å². The molecule has 0 saturated heterocycles. The number of fused-ring (bicyclic) bond motifs is 5. The molecule has 1 aliphatic carbocycles. The van der Waals surface area contributed by atoms with Crippen molar-refractivity contribution in [2.24, 2.45) is 0 Å². The van der Waals surface area contributed by atoms with Crippen molar-refractivity contribution in [1.29, 1.82) is 0 Å². The Bertz CT molecular complexity index is 1960. The Morgan fingerprint density at radius 2 is 1.78 bits per heavy atom. The van der Waals surface area contributed by atoms with Crippen LogP contribution in [0.1, 0.15) is 65.1 Å². The number of para-hydroxylation sites is 1. The van der Waals surface area contributed by atoms with E-state index in [-0.39, 0.29) is 24.6 Å². The lowest BCUT2D eigenvalue weighted by Crippen LogP contribution is -2.41. The Hall–Kier alpha value is -4.74. The third-order valence-electron chi connectivity index (χ3n) is 8.77. The topological polar surface area (TPSA) is 127 Å². The van der Waals surface area contributed by atoms with Crippen molar-refractivity contribution in [3.05, 3.63) is 95.1 Å². The van der Waals surface area contributed by atoms with Crippen LogP contribution in [0.2, 0.25) is 0 Å². The molecular weight excluding hydrogens is 604 g/mol. The molecule has 4 aromatic rings. The van der Waals surface area contributed by atoms with Gasteiger partial charge in [-0.2, -0.15) is 12.7 Å². The Labute approximate surface area is 268 Å². The molecule has 238 valence electrons. The quantitative estimate of drug-likeness (QED) is 0.191. The predicted molar refractivity (Wildman–Crippen MR) is 177 cm³/mol. The maximum absolute atomic E-state index is 13.4. The molecule has 46 heavy (non-hydrogen) atoms. The van der Waals surface area contributed by atoms with Crippen molar-refractivity contribution < 1.29 is 27.5 Å². The van der Waals surface area contributed by atoms with E-state index < -0.39 is 22.1 Å². The van der Waals surface area contributed by atoms with Gasteiger partial charge < -0.3 is 14.6 Å². The highest BCUT2D eigenvalue weighted by molar-refractivity contribution is 7.87. The maximum Gasteiger partial charge on any atom is 0.330 e. The molecule has 11 heteroatoms. The Morgan fingerprint density at radius 1 is 1.04 bits per heavy atom. The van der Waals surface area contributed by atoms with Crippen LogP contribution in [0, 0.1) is 0 Å². The molecule has 6 rings (SSSR count). The average molecular weight is 641 g/mol. The summed E-state index contributed by atoms with van der Waals surface area (Å²) in [6, 6.07) is 20.0. The van der Waals surface area contributed by atoms with Crippen molar-refractivity contribution in [3.8, 4) is 11.3 Å². The monoisotopic (exact) mass is 640 g/mol. The van der Waals surface area contributed by atoms with Gasteiger partial charge in [0, 0.05) is 36.2 Å². The van der Waals surface area contributed by atoms with Crippen LogP contribution in [0.5, 0.6) is 0 Å². The van der Waals surface area contributed by atoms with Crippen LogP contribution in [-0.4, -0.2) is 49.2 Å². The van der Waals surface area contributed by atoms with E-state index in [1.54, 1.807) is 42.5 Å².